The Kier molecular flexibility index (Phi) is 7.09. The van der Waals surface area contributed by atoms with Gasteiger partial charge in [0.2, 0.25) is 0 Å². The molecule has 22 heavy (non-hydrogen) atoms. The van der Waals surface area contributed by atoms with Gasteiger partial charge in [-0.2, -0.15) is 5.26 Å². The number of carbonyl (C=O) groups is 1. The van der Waals surface area contributed by atoms with Crippen LogP contribution in [0, 0.1) is 25.2 Å². The summed E-state index contributed by atoms with van der Waals surface area (Å²) in [7, 11) is 3.02. The lowest BCUT2D eigenvalue weighted by atomic mass is 10.1. The Morgan fingerprint density at radius 2 is 2.05 bits per heavy atom. The van der Waals surface area contributed by atoms with Crippen molar-refractivity contribution >= 4 is 11.6 Å². The zero-order chi connectivity index (χ0) is 16.5. The molecular formula is C16H21N3O3. The molecule has 0 atom stereocenters. The Morgan fingerprint density at radius 1 is 1.36 bits per heavy atom. The Bertz CT molecular complexity index is 587. The number of nitrogens with zero attached hydrogens (tertiary/aromatic N) is 1. The van der Waals surface area contributed by atoms with E-state index in [1.54, 1.807) is 0 Å². The standard InChI is InChI=1S/C16H21N3O3/c1-11-5-6-14(12(2)7-11)19-16(20)13(8-17)9-18-10-15(21-3)22-4/h5-7,9,15,18H,10H2,1-4H3,(H,19,20)/b13-9-. The van der Waals surface area contributed by atoms with Crippen LogP contribution in [0.2, 0.25) is 0 Å². The Labute approximate surface area is 130 Å². The Hall–Kier alpha value is -2.36. The van der Waals surface area contributed by atoms with E-state index in [4.69, 9.17) is 14.7 Å². The first-order valence-electron chi connectivity index (χ1n) is 6.79. The third-order valence-electron chi connectivity index (χ3n) is 3.05. The van der Waals surface area contributed by atoms with Gasteiger partial charge in [-0.05, 0) is 25.5 Å². The molecule has 0 aliphatic rings. The maximum absolute atomic E-state index is 12.1. The van der Waals surface area contributed by atoms with Crippen LogP contribution < -0.4 is 10.6 Å². The molecule has 118 valence electrons. The van der Waals surface area contributed by atoms with Crippen molar-refractivity contribution in [3.05, 3.63) is 41.1 Å². The van der Waals surface area contributed by atoms with E-state index < -0.39 is 12.2 Å². The molecule has 1 amide bonds. The number of hydrogen-bond donors (Lipinski definition) is 2. The van der Waals surface area contributed by atoms with Crippen LogP contribution in [0.25, 0.3) is 0 Å². The Balaban J connectivity index is 2.70. The lowest BCUT2D eigenvalue weighted by Gasteiger charge is -2.13. The number of hydrogen-bond acceptors (Lipinski definition) is 5. The van der Waals surface area contributed by atoms with Crippen molar-refractivity contribution < 1.29 is 14.3 Å². The van der Waals surface area contributed by atoms with E-state index in [1.165, 1.54) is 20.4 Å². The van der Waals surface area contributed by atoms with Crippen LogP contribution in [0.5, 0.6) is 0 Å². The molecule has 2 N–H and O–H groups in total. The summed E-state index contributed by atoms with van der Waals surface area (Å²) in [6, 6.07) is 7.55. The fourth-order valence-corrected chi connectivity index (χ4v) is 1.81. The molecule has 6 heteroatoms. The van der Waals surface area contributed by atoms with Crippen LogP contribution in [0.15, 0.2) is 30.0 Å². The summed E-state index contributed by atoms with van der Waals surface area (Å²) in [5.74, 6) is -0.465. The topological polar surface area (TPSA) is 83.4 Å². The van der Waals surface area contributed by atoms with Crippen LogP contribution in [-0.2, 0) is 14.3 Å². The average molecular weight is 303 g/mol. The number of benzene rings is 1. The summed E-state index contributed by atoms with van der Waals surface area (Å²) in [6.45, 7) is 4.21. The van der Waals surface area contributed by atoms with Crippen molar-refractivity contribution in [3.8, 4) is 6.07 Å². The molecular weight excluding hydrogens is 282 g/mol. The monoisotopic (exact) mass is 303 g/mol. The lowest BCUT2D eigenvalue weighted by Crippen LogP contribution is -2.27. The van der Waals surface area contributed by atoms with E-state index in [0.29, 0.717) is 12.2 Å². The first kappa shape index (κ1) is 17.7. The van der Waals surface area contributed by atoms with Crippen molar-refractivity contribution in [1.29, 1.82) is 5.26 Å². The second-order valence-electron chi connectivity index (χ2n) is 4.75. The average Bonchev–Trinajstić information content (AvgIpc) is 2.50. The smallest absolute Gasteiger partial charge is 0.267 e. The molecule has 0 radical (unpaired) electrons. The summed E-state index contributed by atoms with van der Waals surface area (Å²) in [5, 5.41) is 14.6. The van der Waals surface area contributed by atoms with Crippen LogP contribution in [0.4, 0.5) is 5.69 Å². The van der Waals surface area contributed by atoms with E-state index in [0.717, 1.165) is 11.1 Å². The van der Waals surface area contributed by atoms with Gasteiger partial charge in [0.05, 0.1) is 6.54 Å². The van der Waals surface area contributed by atoms with Crippen LogP contribution in [0.3, 0.4) is 0 Å². The normalized spacial score (nSPS) is 11.2. The SMILES string of the molecule is COC(CN/C=C(/C#N)C(=O)Nc1ccc(C)cc1C)OC. The molecule has 0 aromatic heterocycles. The van der Waals surface area contributed by atoms with Gasteiger partial charge >= 0.3 is 0 Å². The third kappa shape index (κ3) is 5.20. The molecule has 1 aromatic rings. The zero-order valence-corrected chi connectivity index (χ0v) is 13.3. The van der Waals surface area contributed by atoms with Crippen LogP contribution >= 0.6 is 0 Å². The molecule has 6 nitrogen and oxygen atoms in total. The quantitative estimate of drug-likeness (QED) is 0.456. The number of nitriles is 1. The van der Waals surface area contributed by atoms with E-state index >= 15 is 0 Å². The van der Waals surface area contributed by atoms with Crippen molar-refractivity contribution in [2.75, 3.05) is 26.1 Å². The van der Waals surface area contributed by atoms with E-state index in [-0.39, 0.29) is 5.57 Å². The number of aryl methyl sites for hydroxylation is 2. The number of nitrogens with one attached hydrogen (secondary N) is 2. The second-order valence-corrected chi connectivity index (χ2v) is 4.75. The number of carbonyl (C=O) groups excluding carboxylic acids is 1. The maximum Gasteiger partial charge on any atom is 0.267 e. The van der Waals surface area contributed by atoms with Crippen molar-refractivity contribution in [1.82, 2.24) is 5.32 Å². The highest BCUT2D eigenvalue weighted by molar-refractivity contribution is 6.06. The second kappa shape index (κ2) is 8.82. The first-order chi connectivity index (χ1) is 10.5. The highest BCUT2D eigenvalue weighted by Crippen LogP contribution is 2.16. The maximum atomic E-state index is 12.1. The van der Waals surface area contributed by atoms with Crippen molar-refractivity contribution in [2.45, 2.75) is 20.1 Å². The number of methoxy groups -OCH3 is 2. The highest BCUT2D eigenvalue weighted by Gasteiger charge is 2.11. The summed E-state index contributed by atoms with van der Waals surface area (Å²) in [4.78, 5) is 12.1. The van der Waals surface area contributed by atoms with Crippen LogP contribution in [0.1, 0.15) is 11.1 Å². The predicted octanol–water partition coefficient (Wildman–Crippen LogP) is 1.86. The van der Waals surface area contributed by atoms with Gasteiger partial charge in [-0.15, -0.1) is 0 Å². The highest BCUT2D eigenvalue weighted by atomic mass is 16.7. The predicted molar refractivity (Wildman–Crippen MR) is 84.1 cm³/mol. The molecule has 0 aliphatic heterocycles. The van der Waals surface area contributed by atoms with Crippen molar-refractivity contribution in [2.24, 2.45) is 0 Å². The number of amides is 1. The molecule has 0 spiro atoms. The lowest BCUT2D eigenvalue weighted by molar-refractivity contribution is -0.112. The third-order valence-corrected chi connectivity index (χ3v) is 3.05. The van der Waals surface area contributed by atoms with Gasteiger partial charge in [-0.3, -0.25) is 4.79 Å². The van der Waals surface area contributed by atoms with Gasteiger partial charge < -0.3 is 20.1 Å². The minimum absolute atomic E-state index is 0.0223. The molecule has 0 saturated carbocycles. The first-order valence-corrected chi connectivity index (χ1v) is 6.79. The Morgan fingerprint density at radius 3 is 2.59 bits per heavy atom. The molecule has 0 heterocycles. The van der Waals surface area contributed by atoms with Gasteiger partial charge in [0.1, 0.15) is 11.6 Å². The summed E-state index contributed by atoms with van der Waals surface area (Å²) < 4.78 is 10.0. The van der Waals surface area contributed by atoms with E-state index in [2.05, 4.69) is 10.6 Å². The number of rotatable bonds is 7. The van der Waals surface area contributed by atoms with Gasteiger partial charge in [-0.25, -0.2) is 0 Å². The summed E-state index contributed by atoms with van der Waals surface area (Å²) in [6.07, 6.45) is 0.905. The van der Waals surface area contributed by atoms with Crippen molar-refractivity contribution in [3.63, 3.8) is 0 Å². The molecule has 1 rings (SSSR count). The van der Waals surface area contributed by atoms with E-state index in [9.17, 15) is 4.79 Å². The molecule has 0 bridgehead atoms. The van der Waals surface area contributed by atoms with Gasteiger partial charge in [-0.1, -0.05) is 17.7 Å². The number of anilines is 1. The number of ether oxygens (including phenoxy) is 2. The summed E-state index contributed by atoms with van der Waals surface area (Å²) in [5.41, 5.74) is 2.71. The molecule has 1 aromatic carbocycles. The molecule has 0 aliphatic carbocycles. The van der Waals surface area contributed by atoms with Gasteiger partial charge in [0, 0.05) is 26.1 Å². The minimum Gasteiger partial charge on any atom is -0.385 e. The minimum atomic E-state index is -0.465. The molecule has 0 unspecified atom stereocenters. The van der Waals surface area contributed by atoms with E-state index in [1.807, 2.05) is 38.1 Å². The largest absolute Gasteiger partial charge is 0.385 e. The van der Waals surface area contributed by atoms with Gasteiger partial charge in [0.15, 0.2) is 6.29 Å². The van der Waals surface area contributed by atoms with Gasteiger partial charge in [0.25, 0.3) is 5.91 Å². The summed E-state index contributed by atoms with van der Waals surface area (Å²) >= 11 is 0. The molecule has 0 fully saturated rings. The zero-order valence-electron chi connectivity index (χ0n) is 13.3. The van der Waals surface area contributed by atoms with Crippen LogP contribution in [-0.4, -0.2) is 33.0 Å². The fraction of sp³-hybridized carbons (Fsp3) is 0.375. The fourth-order valence-electron chi connectivity index (χ4n) is 1.81. The molecule has 0 saturated heterocycles.